The van der Waals surface area contributed by atoms with Crippen molar-refractivity contribution in [2.45, 2.75) is 26.7 Å². The number of aryl methyl sites for hydroxylation is 1. The van der Waals surface area contributed by atoms with Crippen molar-refractivity contribution in [2.24, 2.45) is 0 Å². The number of H-pyrrole nitrogens is 1. The third-order valence-corrected chi connectivity index (χ3v) is 3.23. The van der Waals surface area contributed by atoms with Crippen LogP contribution in [-0.4, -0.2) is 17.1 Å². The zero-order valence-electron chi connectivity index (χ0n) is 12.2. The van der Waals surface area contributed by atoms with E-state index < -0.39 is 0 Å². The molecule has 0 spiro atoms. The Labute approximate surface area is 117 Å². The molecule has 5 heteroatoms. The predicted molar refractivity (Wildman–Crippen MR) is 80.1 cm³/mol. The SMILES string of the molecule is COc1cc(C)c(-c2cc(=O)[nH]c(N)n2)cc1C(C)C. The monoisotopic (exact) mass is 273 g/mol. The first-order chi connectivity index (χ1) is 9.42. The van der Waals surface area contributed by atoms with Gasteiger partial charge in [-0.05, 0) is 36.1 Å². The molecule has 1 heterocycles. The van der Waals surface area contributed by atoms with Crippen molar-refractivity contribution in [2.75, 3.05) is 12.8 Å². The van der Waals surface area contributed by atoms with Gasteiger partial charge in [0.05, 0.1) is 12.8 Å². The van der Waals surface area contributed by atoms with Crippen molar-refractivity contribution < 1.29 is 4.74 Å². The number of nitrogens with two attached hydrogens (primary N) is 1. The second-order valence-electron chi connectivity index (χ2n) is 5.08. The summed E-state index contributed by atoms with van der Waals surface area (Å²) < 4.78 is 5.41. The lowest BCUT2D eigenvalue weighted by Crippen LogP contribution is -2.10. The maximum absolute atomic E-state index is 11.5. The van der Waals surface area contributed by atoms with E-state index in [1.54, 1.807) is 7.11 Å². The molecule has 0 saturated heterocycles. The van der Waals surface area contributed by atoms with Crippen LogP contribution in [0.15, 0.2) is 23.0 Å². The molecule has 0 amide bonds. The predicted octanol–water partition coefficient (Wildman–Crippen LogP) is 2.46. The van der Waals surface area contributed by atoms with Gasteiger partial charge in [0, 0.05) is 11.6 Å². The van der Waals surface area contributed by atoms with Crippen molar-refractivity contribution >= 4 is 5.95 Å². The molecule has 5 nitrogen and oxygen atoms in total. The van der Waals surface area contributed by atoms with Crippen molar-refractivity contribution in [3.8, 4) is 17.0 Å². The number of nitrogen functional groups attached to an aromatic ring is 1. The number of rotatable bonds is 3. The molecule has 0 fully saturated rings. The number of benzene rings is 1. The molecule has 0 saturated carbocycles. The fourth-order valence-corrected chi connectivity index (χ4v) is 2.22. The fraction of sp³-hybridized carbons (Fsp3) is 0.333. The molecule has 1 aromatic heterocycles. The Morgan fingerprint density at radius 1 is 1.30 bits per heavy atom. The molecule has 2 aromatic rings. The van der Waals surface area contributed by atoms with Gasteiger partial charge in [0.1, 0.15) is 5.75 Å². The Balaban J connectivity index is 2.67. The maximum Gasteiger partial charge on any atom is 0.252 e. The van der Waals surface area contributed by atoms with E-state index in [0.717, 1.165) is 22.4 Å². The highest BCUT2D eigenvalue weighted by molar-refractivity contribution is 5.67. The zero-order valence-corrected chi connectivity index (χ0v) is 12.2. The lowest BCUT2D eigenvalue weighted by atomic mass is 9.95. The van der Waals surface area contributed by atoms with Crippen LogP contribution in [0.2, 0.25) is 0 Å². The summed E-state index contributed by atoms with van der Waals surface area (Å²) in [7, 11) is 1.66. The third kappa shape index (κ3) is 2.66. The summed E-state index contributed by atoms with van der Waals surface area (Å²) in [5.41, 5.74) is 8.89. The molecule has 0 atom stereocenters. The minimum atomic E-state index is -0.256. The van der Waals surface area contributed by atoms with Crippen LogP contribution in [-0.2, 0) is 0 Å². The lowest BCUT2D eigenvalue weighted by molar-refractivity contribution is 0.407. The normalized spacial score (nSPS) is 10.8. The number of hydrogen-bond donors (Lipinski definition) is 2. The summed E-state index contributed by atoms with van der Waals surface area (Å²) in [6.07, 6.45) is 0. The van der Waals surface area contributed by atoms with E-state index in [2.05, 4.69) is 23.8 Å². The van der Waals surface area contributed by atoms with Crippen molar-refractivity contribution in [1.29, 1.82) is 0 Å². The molecule has 0 unspecified atom stereocenters. The van der Waals surface area contributed by atoms with Gasteiger partial charge in [-0.25, -0.2) is 4.98 Å². The highest BCUT2D eigenvalue weighted by Crippen LogP contribution is 2.33. The van der Waals surface area contributed by atoms with E-state index in [4.69, 9.17) is 10.5 Å². The van der Waals surface area contributed by atoms with E-state index >= 15 is 0 Å². The smallest absolute Gasteiger partial charge is 0.252 e. The molecular formula is C15H19N3O2. The second-order valence-corrected chi connectivity index (χ2v) is 5.08. The first-order valence-corrected chi connectivity index (χ1v) is 6.48. The van der Waals surface area contributed by atoms with Crippen LogP contribution in [0.5, 0.6) is 5.75 Å². The Hall–Kier alpha value is -2.30. The number of nitrogens with zero attached hydrogens (tertiary/aromatic N) is 1. The highest BCUT2D eigenvalue weighted by Gasteiger charge is 2.13. The van der Waals surface area contributed by atoms with Gasteiger partial charge < -0.3 is 10.5 Å². The quantitative estimate of drug-likeness (QED) is 0.900. The van der Waals surface area contributed by atoms with Crippen molar-refractivity contribution in [3.63, 3.8) is 0 Å². The van der Waals surface area contributed by atoms with Gasteiger partial charge in [-0.3, -0.25) is 9.78 Å². The number of hydrogen-bond acceptors (Lipinski definition) is 4. The van der Waals surface area contributed by atoms with Crippen LogP contribution < -0.4 is 16.0 Å². The Bertz CT molecular complexity index is 690. The fourth-order valence-electron chi connectivity index (χ4n) is 2.22. The standard InChI is InChI=1S/C15H19N3O2/c1-8(2)10-6-11(9(3)5-13(10)20-4)12-7-14(19)18-15(16)17-12/h5-8H,1-4H3,(H3,16,17,18,19). The maximum atomic E-state index is 11.5. The summed E-state index contributed by atoms with van der Waals surface area (Å²) in [4.78, 5) is 18.2. The van der Waals surface area contributed by atoms with E-state index in [9.17, 15) is 4.79 Å². The molecule has 1 aromatic carbocycles. The van der Waals surface area contributed by atoms with Gasteiger partial charge in [-0.1, -0.05) is 13.8 Å². The molecule has 0 bridgehead atoms. The number of ether oxygens (including phenoxy) is 1. The van der Waals surface area contributed by atoms with Crippen LogP contribution in [0.4, 0.5) is 5.95 Å². The molecule has 3 N–H and O–H groups in total. The van der Waals surface area contributed by atoms with Crippen LogP contribution in [0.1, 0.15) is 30.9 Å². The van der Waals surface area contributed by atoms with Gasteiger partial charge in [-0.2, -0.15) is 0 Å². The number of methoxy groups -OCH3 is 1. The Morgan fingerprint density at radius 3 is 2.55 bits per heavy atom. The van der Waals surface area contributed by atoms with E-state index in [1.807, 2.05) is 19.1 Å². The second kappa shape index (κ2) is 5.36. The summed E-state index contributed by atoms with van der Waals surface area (Å²) in [6.45, 7) is 6.15. The van der Waals surface area contributed by atoms with Gasteiger partial charge >= 0.3 is 0 Å². The van der Waals surface area contributed by atoms with E-state index in [0.29, 0.717) is 11.6 Å². The van der Waals surface area contributed by atoms with E-state index in [-0.39, 0.29) is 11.5 Å². The number of aromatic nitrogens is 2. The molecule has 106 valence electrons. The summed E-state index contributed by atoms with van der Waals surface area (Å²) >= 11 is 0. The van der Waals surface area contributed by atoms with Gasteiger partial charge in [0.25, 0.3) is 5.56 Å². The molecule has 0 aliphatic heterocycles. The minimum absolute atomic E-state index is 0.119. The zero-order chi connectivity index (χ0) is 14.9. The Kier molecular flexibility index (Phi) is 3.79. The van der Waals surface area contributed by atoms with Crippen molar-refractivity contribution in [1.82, 2.24) is 9.97 Å². The molecule has 0 aliphatic carbocycles. The summed E-state index contributed by atoms with van der Waals surface area (Å²) in [6, 6.07) is 5.43. The lowest BCUT2D eigenvalue weighted by Gasteiger charge is -2.16. The average Bonchev–Trinajstić information content (AvgIpc) is 2.36. The Morgan fingerprint density at radius 2 is 2.00 bits per heavy atom. The van der Waals surface area contributed by atoms with Gasteiger partial charge in [0.15, 0.2) is 0 Å². The summed E-state index contributed by atoms with van der Waals surface area (Å²) in [5, 5.41) is 0. The molecule has 2 rings (SSSR count). The van der Waals surface area contributed by atoms with E-state index in [1.165, 1.54) is 6.07 Å². The topological polar surface area (TPSA) is 81.0 Å². The molecule has 0 aliphatic rings. The van der Waals surface area contributed by atoms with Crippen LogP contribution in [0.3, 0.4) is 0 Å². The first kappa shape index (κ1) is 14.1. The van der Waals surface area contributed by atoms with Crippen LogP contribution in [0, 0.1) is 6.92 Å². The average molecular weight is 273 g/mol. The first-order valence-electron chi connectivity index (χ1n) is 6.48. The van der Waals surface area contributed by atoms with Crippen LogP contribution >= 0.6 is 0 Å². The minimum Gasteiger partial charge on any atom is -0.496 e. The highest BCUT2D eigenvalue weighted by atomic mass is 16.5. The van der Waals surface area contributed by atoms with Crippen molar-refractivity contribution in [3.05, 3.63) is 39.7 Å². The number of anilines is 1. The summed E-state index contributed by atoms with van der Waals surface area (Å²) in [5.74, 6) is 1.27. The van der Waals surface area contributed by atoms with Gasteiger partial charge in [-0.15, -0.1) is 0 Å². The molecule has 0 radical (unpaired) electrons. The molecule has 20 heavy (non-hydrogen) atoms. The number of nitrogens with one attached hydrogen (secondary N) is 1. The third-order valence-electron chi connectivity index (χ3n) is 3.23. The molecular weight excluding hydrogens is 254 g/mol. The van der Waals surface area contributed by atoms with Gasteiger partial charge in [0.2, 0.25) is 5.95 Å². The largest absolute Gasteiger partial charge is 0.496 e. The van der Waals surface area contributed by atoms with Crippen LogP contribution in [0.25, 0.3) is 11.3 Å². The number of aromatic amines is 1.